The van der Waals surface area contributed by atoms with E-state index in [9.17, 15) is 10.1 Å². The Hall–Kier alpha value is -3.33. The molecule has 1 heterocycles. The van der Waals surface area contributed by atoms with Crippen LogP contribution in [0.15, 0.2) is 59.6 Å². The molecule has 6 heteroatoms. The third kappa shape index (κ3) is 4.15. The lowest BCUT2D eigenvalue weighted by molar-refractivity contribution is -0.162. The van der Waals surface area contributed by atoms with Crippen LogP contribution in [0.3, 0.4) is 0 Å². The molecule has 1 saturated heterocycles. The molecular weight excluding hydrogens is 446 g/mol. The molecule has 5 fully saturated rings. The number of amides is 1. The summed E-state index contributed by atoms with van der Waals surface area (Å²) < 4.78 is 0. The van der Waals surface area contributed by atoms with Gasteiger partial charge in [0, 0.05) is 19.6 Å². The summed E-state index contributed by atoms with van der Waals surface area (Å²) in [6.45, 7) is 3.93. The molecular formula is C30H35N5O. The molecule has 2 aromatic carbocycles. The van der Waals surface area contributed by atoms with Gasteiger partial charge in [-0.3, -0.25) is 10.1 Å². The molecule has 4 bridgehead atoms. The number of para-hydroxylation sites is 1. The van der Waals surface area contributed by atoms with Crippen LogP contribution >= 0.6 is 0 Å². The van der Waals surface area contributed by atoms with Crippen LogP contribution in [0.25, 0.3) is 0 Å². The average Bonchev–Trinajstić information content (AvgIpc) is 2.88. The van der Waals surface area contributed by atoms with Gasteiger partial charge in [-0.05, 0) is 80.4 Å². The van der Waals surface area contributed by atoms with Gasteiger partial charge in [0.25, 0.3) is 0 Å². The standard InChI is InChI=1S/C30H35N5O/c1-21-7-5-6-10-26(21)33-29(32-20-31)34-11-12-35(27(19-34)25-8-3-2-4-9-25)28(36)30-16-22-13-23(17-30)15-24(14-22)18-30/h2-10,22-24,27H,11-19H2,1H3,(H,32,33). The maximum Gasteiger partial charge on any atom is 0.229 e. The van der Waals surface area contributed by atoms with E-state index in [0.29, 0.717) is 31.5 Å². The predicted octanol–water partition coefficient (Wildman–Crippen LogP) is 5.16. The maximum absolute atomic E-state index is 14.4. The van der Waals surface area contributed by atoms with Crippen molar-refractivity contribution >= 4 is 17.6 Å². The zero-order valence-corrected chi connectivity index (χ0v) is 21.1. The predicted molar refractivity (Wildman–Crippen MR) is 140 cm³/mol. The van der Waals surface area contributed by atoms with E-state index in [2.05, 4.69) is 45.6 Å². The molecule has 4 aliphatic carbocycles. The number of hydrogen-bond acceptors (Lipinski definition) is 3. The van der Waals surface area contributed by atoms with E-state index in [-0.39, 0.29) is 11.5 Å². The van der Waals surface area contributed by atoms with Gasteiger partial charge in [-0.2, -0.15) is 5.26 Å². The molecule has 5 aliphatic rings. The number of carbonyl (C=O) groups is 1. The second kappa shape index (κ2) is 9.28. The van der Waals surface area contributed by atoms with E-state index in [4.69, 9.17) is 4.99 Å². The SMILES string of the molecule is Cc1ccccc1N=C(NC#N)N1CCN(C(=O)C23CC4CC(CC(C4)C2)C3)C(c2ccccc2)C1. The maximum atomic E-state index is 14.4. The first kappa shape index (κ1) is 23.1. The zero-order valence-electron chi connectivity index (χ0n) is 21.1. The fraction of sp³-hybridized carbons (Fsp3) is 0.500. The lowest BCUT2D eigenvalue weighted by atomic mass is 9.49. The van der Waals surface area contributed by atoms with Gasteiger partial charge in [0.15, 0.2) is 6.19 Å². The Labute approximate surface area is 214 Å². The van der Waals surface area contributed by atoms with Gasteiger partial charge in [0.1, 0.15) is 0 Å². The highest BCUT2D eigenvalue weighted by Gasteiger charge is 2.56. The number of rotatable bonds is 3. The van der Waals surface area contributed by atoms with E-state index in [1.165, 1.54) is 19.3 Å². The second-order valence-electron chi connectivity index (χ2n) is 11.5. The highest BCUT2D eigenvalue weighted by Crippen LogP contribution is 2.61. The van der Waals surface area contributed by atoms with Crippen LogP contribution in [0.4, 0.5) is 5.69 Å². The summed E-state index contributed by atoms with van der Waals surface area (Å²) in [5, 5.41) is 12.3. The molecule has 4 saturated carbocycles. The Bertz CT molecular complexity index is 1160. The van der Waals surface area contributed by atoms with Crippen molar-refractivity contribution in [1.29, 1.82) is 5.26 Å². The Morgan fingerprint density at radius 3 is 2.25 bits per heavy atom. The molecule has 1 amide bonds. The van der Waals surface area contributed by atoms with Crippen molar-refractivity contribution < 1.29 is 4.79 Å². The lowest BCUT2D eigenvalue weighted by Gasteiger charge is -2.57. The number of aryl methyl sites for hydroxylation is 1. The average molecular weight is 482 g/mol. The molecule has 0 spiro atoms. The normalized spacial score (nSPS) is 31.3. The van der Waals surface area contributed by atoms with E-state index >= 15 is 0 Å². The van der Waals surface area contributed by atoms with Crippen molar-refractivity contribution in [3.63, 3.8) is 0 Å². The minimum absolute atomic E-state index is 0.0667. The highest BCUT2D eigenvalue weighted by atomic mass is 16.2. The van der Waals surface area contributed by atoms with Crippen molar-refractivity contribution in [3.8, 4) is 6.19 Å². The Morgan fingerprint density at radius 1 is 0.972 bits per heavy atom. The molecule has 2 aromatic rings. The molecule has 6 nitrogen and oxygen atoms in total. The molecule has 1 aliphatic heterocycles. The van der Waals surface area contributed by atoms with Gasteiger partial charge in [-0.25, -0.2) is 4.99 Å². The van der Waals surface area contributed by atoms with Crippen molar-refractivity contribution in [1.82, 2.24) is 15.1 Å². The van der Waals surface area contributed by atoms with Crippen molar-refractivity contribution in [3.05, 3.63) is 65.7 Å². The number of piperazine rings is 1. The zero-order chi connectivity index (χ0) is 24.7. The van der Waals surface area contributed by atoms with Gasteiger partial charge >= 0.3 is 0 Å². The largest absolute Gasteiger partial charge is 0.338 e. The fourth-order valence-electron chi connectivity index (χ4n) is 7.89. The summed E-state index contributed by atoms with van der Waals surface area (Å²) >= 11 is 0. The monoisotopic (exact) mass is 481 g/mol. The van der Waals surface area contributed by atoms with Crippen molar-refractivity contribution in [2.45, 2.75) is 51.5 Å². The number of benzene rings is 2. The van der Waals surface area contributed by atoms with Crippen molar-refractivity contribution in [2.75, 3.05) is 19.6 Å². The number of nitriles is 1. The molecule has 1 atom stereocenters. The smallest absolute Gasteiger partial charge is 0.229 e. The first-order chi connectivity index (χ1) is 17.5. The number of nitrogens with one attached hydrogen (secondary N) is 1. The van der Waals surface area contributed by atoms with Crippen LogP contribution in [-0.4, -0.2) is 41.3 Å². The summed E-state index contributed by atoms with van der Waals surface area (Å²) in [6, 6.07) is 18.3. The van der Waals surface area contributed by atoms with Crippen LogP contribution in [0, 0.1) is 41.5 Å². The minimum Gasteiger partial charge on any atom is -0.338 e. The molecule has 1 unspecified atom stereocenters. The summed E-state index contributed by atoms with van der Waals surface area (Å²) in [4.78, 5) is 23.5. The summed E-state index contributed by atoms with van der Waals surface area (Å²) in [5.41, 5.74) is 2.89. The fourth-order valence-corrected chi connectivity index (χ4v) is 7.89. The van der Waals surface area contributed by atoms with Gasteiger partial charge in [-0.1, -0.05) is 48.5 Å². The Balaban J connectivity index is 1.31. The summed E-state index contributed by atoms with van der Waals surface area (Å²) in [7, 11) is 0. The van der Waals surface area contributed by atoms with Crippen LogP contribution in [0.2, 0.25) is 0 Å². The van der Waals surface area contributed by atoms with Crippen LogP contribution in [0.1, 0.15) is 55.7 Å². The summed E-state index contributed by atoms with van der Waals surface area (Å²) in [5.74, 6) is 3.15. The molecule has 7 rings (SSSR count). The van der Waals surface area contributed by atoms with Gasteiger partial charge in [-0.15, -0.1) is 0 Å². The Morgan fingerprint density at radius 2 is 1.61 bits per heavy atom. The number of aliphatic imine (C=N–C) groups is 1. The van der Waals surface area contributed by atoms with Gasteiger partial charge < -0.3 is 9.80 Å². The van der Waals surface area contributed by atoms with Gasteiger partial charge in [0.05, 0.1) is 17.1 Å². The first-order valence-corrected chi connectivity index (χ1v) is 13.4. The molecule has 0 radical (unpaired) electrons. The van der Waals surface area contributed by atoms with Crippen molar-refractivity contribution in [2.24, 2.45) is 28.2 Å². The first-order valence-electron chi connectivity index (χ1n) is 13.4. The third-order valence-electron chi connectivity index (χ3n) is 9.13. The van der Waals surface area contributed by atoms with Crippen LogP contribution in [-0.2, 0) is 4.79 Å². The number of nitrogens with zero attached hydrogens (tertiary/aromatic N) is 4. The van der Waals surface area contributed by atoms with E-state index in [0.717, 1.165) is 53.8 Å². The molecule has 186 valence electrons. The molecule has 1 N–H and O–H groups in total. The highest BCUT2D eigenvalue weighted by molar-refractivity contribution is 5.86. The quantitative estimate of drug-likeness (QED) is 0.285. The molecule has 36 heavy (non-hydrogen) atoms. The molecule has 0 aromatic heterocycles. The second-order valence-corrected chi connectivity index (χ2v) is 11.5. The topological polar surface area (TPSA) is 71.7 Å². The Kier molecular flexibility index (Phi) is 5.95. The minimum atomic E-state index is -0.160. The van der Waals surface area contributed by atoms with Gasteiger partial charge in [0.2, 0.25) is 11.9 Å². The van der Waals surface area contributed by atoms with Crippen LogP contribution in [0.5, 0.6) is 0 Å². The summed E-state index contributed by atoms with van der Waals surface area (Å²) in [6.07, 6.45) is 9.32. The van der Waals surface area contributed by atoms with Crippen LogP contribution < -0.4 is 5.32 Å². The number of guanidine groups is 1. The van der Waals surface area contributed by atoms with E-state index < -0.39 is 0 Å². The number of carbonyl (C=O) groups excluding carboxylic acids is 1. The van der Waals surface area contributed by atoms with E-state index in [1.54, 1.807) is 0 Å². The lowest BCUT2D eigenvalue weighted by Crippen LogP contribution is -2.60. The van der Waals surface area contributed by atoms with E-state index in [1.807, 2.05) is 37.3 Å². The number of hydrogen-bond donors (Lipinski definition) is 1. The third-order valence-corrected chi connectivity index (χ3v) is 9.13.